The molecule has 0 spiro atoms. The molecule has 2 N–H and O–H groups in total. The molecule has 1 aromatic carbocycles. The van der Waals surface area contributed by atoms with Gasteiger partial charge in [0.1, 0.15) is 0 Å². The van der Waals surface area contributed by atoms with E-state index in [1.54, 1.807) is 11.0 Å². The third kappa shape index (κ3) is 8.67. The smallest absolute Gasteiger partial charge is 0.243 e. The Kier molecular flexibility index (Phi) is 7.82. The molecule has 160 valence electrons. The second-order valence-electron chi connectivity index (χ2n) is 9.52. The molecule has 0 saturated heterocycles. The molecule has 0 bridgehead atoms. The van der Waals surface area contributed by atoms with Crippen molar-refractivity contribution in [2.45, 2.75) is 66.3 Å². The predicted molar refractivity (Wildman–Crippen MR) is 115 cm³/mol. The van der Waals surface area contributed by atoms with Crippen molar-refractivity contribution in [1.29, 1.82) is 0 Å². The predicted octanol–water partition coefficient (Wildman–Crippen LogP) is 3.50. The minimum absolute atomic E-state index is 0.0173. The number of aryl methyl sites for hydroxylation is 1. The van der Waals surface area contributed by atoms with Gasteiger partial charge in [-0.2, -0.15) is 0 Å². The zero-order valence-electron chi connectivity index (χ0n) is 18.4. The monoisotopic (exact) mass is 401 g/mol. The van der Waals surface area contributed by atoms with E-state index < -0.39 is 0 Å². The van der Waals surface area contributed by atoms with Crippen molar-refractivity contribution < 1.29 is 14.4 Å². The van der Waals surface area contributed by atoms with Gasteiger partial charge in [-0.1, -0.05) is 39.8 Å². The molecule has 3 amide bonds. The molecule has 1 aromatic rings. The third-order valence-corrected chi connectivity index (χ3v) is 4.85. The Morgan fingerprint density at radius 2 is 1.86 bits per heavy atom. The first kappa shape index (κ1) is 22.9. The second-order valence-corrected chi connectivity index (χ2v) is 9.52. The van der Waals surface area contributed by atoms with Crippen LogP contribution in [0.3, 0.4) is 0 Å². The molecule has 0 aliphatic heterocycles. The number of anilines is 1. The van der Waals surface area contributed by atoms with E-state index in [-0.39, 0.29) is 48.2 Å². The summed E-state index contributed by atoms with van der Waals surface area (Å²) in [5.74, 6) is -0.282. The zero-order chi connectivity index (χ0) is 21.6. The second kappa shape index (κ2) is 9.90. The molecule has 2 rings (SSSR count). The molecule has 0 unspecified atom stereocenters. The summed E-state index contributed by atoms with van der Waals surface area (Å²) in [5, 5.41) is 5.39. The van der Waals surface area contributed by atoms with Gasteiger partial charge in [0, 0.05) is 18.2 Å². The number of carbonyl (C=O) groups excluding carboxylic acids is 3. The lowest BCUT2D eigenvalue weighted by molar-refractivity contribution is -0.137. The molecule has 1 aliphatic rings. The van der Waals surface area contributed by atoms with Crippen molar-refractivity contribution in [2.24, 2.45) is 11.3 Å². The summed E-state index contributed by atoms with van der Waals surface area (Å²) < 4.78 is 0. The molecule has 29 heavy (non-hydrogen) atoms. The molecule has 1 saturated carbocycles. The van der Waals surface area contributed by atoms with Gasteiger partial charge in [-0.05, 0) is 55.2 Å². The minimum atomic E-state index is -0.298. The Bertz CT molecular complexity index is 735. The fraction of sp³-hybridized carbons (Fsp3) is 0.609. The van der Waals surface area contributed by atoms with Gasteiger partial charge in [-0.25, -0.2) is 0 Å². The van der Waals surface area contributed by atoms with E-state index >= 15 is 0 Å². The zero-order valence-corrected chi connectivity index (χ0v) is 18.4. The Hall–Kier alpha value is -2.37. The third-order valence-electron chi connectivity index (χ3n) is 4.85. The summed E-state index contributed by atoms with van der Waals surface area (Å²) >= 11 is 0. The van der Waals surface area contributed by atoms with Crippen LogP contribution in [0, 0.1) is 18.3 Å². The van der Waals surface area contributed by atoms with Crippen LogP contribution in [0.25, 0.3) is 0 Å². The van der Waals surface area contributed by atoms with E-state index in [2.05, 4.69) is 38.3 Å². The maximum absolute atomic E-state index is 12.7. The van der Waals surface area contributed by atoms with Crippen molar-refractivity contribution in [1.82, 2.24) is 10.2 Å². The van der Waals surface area contributed by atoms with Crippen LogP contribution in [0.4, 0.5) is 5.69 Å². The van der Waals surface area contributed by atoms with Gasteiger partial charge in [0.15, 0.2) is 0 Å². The van der Waals surface area contributed by atoms with E-state index in [4.69, 9.17) is 0 Å². The van der Waals surface area contributed by atoms with E-state index in [9.17, 15) is 14.4 Å². The Labute approximate surface area is 174 Å². The molecule has 6 heteroatoms. The average molecular weight is 402 g/mol. The average Bonchev–Trinajstić information content (AvgIpc) is 3.40. The first-order valence-corrected chi connectivity index (χ1v) is 10.5. The van der Waals surface area contributed by atoms with E-state index in [0.29, 0.717) is 12.1 Å². The van der Waals surface area contributed by atoms with Gasteiger partial charge < -0.3 is 15.5 Å². The van der Waals surface area contributed by atoms with Crippen LogP contribution in [0.1, 0.15) is 58.9 Å². The van der Waals surface area contributed by atoms with Crippen molar-refractivity contribution in [3.8, 4) is 0 Å². The largest absolute Gasteiger partial charge is 0.345 e. The Morgan fingerprint density at radius 1 is 1.17 bits per heavy atom. The number of carbonyl (C=O) groups is 3. The molecular formula is C23H35N3O3. The van der Waals surface area contributed by atoms with Crippen molar-refractivity contribution >= 4 is 23.4 Å². The van der Waals surface area contributed by atoms with E-state index in [1.807, 2.05) is 25.1 Å². The van der Waals surface area contributed by atoms with Crippen LogP contribution < -0.4 is 10.6 Å². The van der Waals surface area contributed by atoms with Gasteiger partial charge in [0.2, 0.25) is 17.7 Å². The maximum atomic E-state index is 12.7. The SMILES string of the molecule is Cc1cccc(NC(=O)CNC(=O)CN(C(=O)C[C@H](C)CC(C)(C)C)C2CC2)c1. The fourth-order valence-corrected chi connectivity index (χ4v) is 3.66. The van der Waals surface area contributed by atoms with Gasteiger partial charge >= 0.3 is 0 Å². The highest BCUT2D eigenvalue weighted by Crippen LogP contribution is 2.30. The summed E-state index contributed by atoms with van der Waals surface area (Å²) in [6.07, 6.45) is 3.30. The quantitative estimate of drug-likeness (QED) is 0.665. The molecule has 1 fully saturated rings. The lowest BCUT2D eigenvalue weighted by Crippen LogP contribution is -2.44. The molecule has 6 nitrogen and oxygen atoms in total. The van der Waals surface area contributed by atoms with Crippen molar-refractivity contribution in [3.05, 3.63) is 29.8 Å². The molecule has 0 radical (unpaired) electrons. The van der Waals surface area contributed by atoms with E-state index in [1.165, 1.54) is 0 Å². The highest BCUT2D eigenvalue weighted by Gasteiger charge is 2.34. The van der Waals surface area contributed by atoms with Gasteiger partial charge in [0.05, 0.1) is 13.1 Å². The normalized spacial score (nSPS) is 14.8. The summed E-state index contributed by atoms with van der Waals surface area (Å²) in [6.45, 7) is 10.4. The highest BCUT2D eigenvalue weighted by molar-refractivity contribution is 5.95. The van der Waals surface area contributed by atoms with Crippen LogP contribution in [-0.4, -0.2) is 41.8 Å². The van der Waals surface area contributed by atoms with Crippen LogP contribution in [0.15, 0.2) is 24.3 Å². The molecule has 1 aliphatic carbocycles. The summed E-state index contributed by atoms with van der Waals surface area (Å²) in [5.41, 5.74) is 1.92. The van der Waals surface area contributed by atoms with Gasteiger partial charge in [-0.15, -0.1) is 0 Å². The number of hydrogen-bond acceptors (Lipinski definition) is 3. The van der Waals surface area contributed by atoms with Crippen LogP contribution in [0.2, 0.25) is 0 Å². The number of nitrogens with one attached hydrogen (secondary N) is 2. The van der Waals surface area contributed by atoms with Crippen LogP contribution >= 0.6 is 0 Å². The standard InChI is InChI=1S/C23H35N3O3/c1-16-7-6-8-18(11-16)25-20(27)14-24-21(28)15-26(19-9-10-19)22(29)12-17(2)13-23(3,4)5/h6-8,11,17,19H,9-10,12-15H2,1-5H3,(H,24,28)(H,25,27)/t17-/m0/s1. The molecule has 1 atom stereocenters. The van der Waals surface area contributed by atoms with Crippen molar-refractivity contribution in [2.75, 3.05) is 18.4 Å². The summed E-state index contributed by atoms with van der Waals surface area (Å²) in [4.78, 5) is 38.8. The number of nitrogens with zero attached hydrogens (tertiary/aromatic N) is 1. The molecule has 0 aromatic heterocycles. The summed E-state index contributed by atoms with van der Waals surface area (Å²) in [7, 11) is 0. The lowest BCUT2D eigenvalue weighted by Gasteiger charge is -2.26. The van der Waals surface area contributed by atoms with Crippen LogP contribution in [0.5, 0.6) is 0 Å². The molecule has 0 heterocycles. The van der Waals surface area contributed by atoms with Crippen LogP contribution in [-0.2, 0) is 14.4 Å². The number of benzene rings is 1. The maximum Gasteiger partial charge on any atom is 0.243 e. The number of hydrogen-bond donors (Lipinski definition) is 2. The van der Waals surface area contributed by atoms with Crippen molar-refractivity contribution in [3.63, 3.8) is 0 Å². The topological polar surface area (TPSA) is 78.5 Å². The minimum Gasteiger partial charge on any atom is -0.345 e. The molecular weight excluding hydrogens is 366 g/mol. The first-order chi connectivity index (χ1) is 13.5. The first-order valence-electron chi connectivity index (χ1n) is 10.5. The number of rotatable bonds is 9. The van der Waals surface area contributed by atoms with E-state index in [0.717, 1.165) is 24.8 Å². The van der Waals surface area contributed by atoms with Gasteiger partial charge in [-0.3, -0.25) is 14.4 Å². The lowest BCUT2D eigenvalue weighted by atomic mass is 9.84. The Morgan fingerprint density at radius 3 is 2.45 bits per heavy atom. The Balaban J connectivity index is 1.80. The summed E-state index contributed by atoms with van der Waals surface area (Å²) in [6, 6.07) is 7.65. The number of amides is 3. The van der Waals surface area contributed by atoms with Gasteiger partial charge in [0.25, 0.3) is 0 Å². The highest BCUT2D eigenvalue weighted by atomic mass is 16.2. The fourth-order valence-electron chi connectivity index (χ4n) is 3.66.